The molecular weight excluding hydrogens is 239 g/mol. The number of hydrogen-bond acceptors (Lipinski definition) is 2. The van der Waals surface area contributed by atoms with E-state index in [1.165, 1.54) is 17.3 Å². The number of aryl methyl sites for hydroxylation is 1. The molecule has 2 aromatic rings. The third-order valence-corrected chi connectivity index (χ3v) is 3.14. The van der Waals surface area contributed by atoms with Crippen molar-refractivity contribution in [2.75, 3.05) is 6.54 Å². The summed E-state index contributed by atoms with van der Waals surface area (Å²) in [7, 11) is 0. The van der Waals surface area contributed by atoms with Crippen molar-refractivity contribution in [1.29, 1.82) is 0 Å². The van der Waals surface area contributed by atoms with E-state index in [0.717, 1.165) is 18.5 Å². The third kappa shape index (κ3) is 3.86. The van der Waals surface area contributed by atoms with E-state index < -0.39 is 0 Å². The van der Waals surface area contributed by atoms with Crippen LogP contribution in [0.5, 0.6) is 0 Å². The highest BCUT2D eigenvalue weighted by molar-refractivity contribution is 5.25. The van der Waals surface area contributed by atoms with Crippen molar-refractivity contribution in [2.45, 2.75) is 26.3 Å². The zero-order valence-corrected chi connectivity index (χ0v) is 11.4. The monoisotopic (exact) mass is 258 g/mol. The maximum atomic E-state index is 13.3. The highest BCUT2D eigenvalue weighted by Crippen LogP contribution is 2.18. The maximum absolute atomic E-state index is 13.3. The van der Waals surface area contributed by atoms with Gasteiger partial charge in [0.2, 0.25) is 0 Å². The molecule has 0 spiro atoms. The molecule has 0 aliphatic rings. The quantitative estimate of drug-likeness (QED) is 0.888. The van der Waals surface area contributed by atoms with Crippen LogP contribution in [0.25, 0.3) is 0 Å². The van der Waals surface area contributed by atoms with Crippen molar-refractivity contribution in [2.24, 2.45) is 0 Å². The molecule has 1 heterocycles. The second kappa shape index (κ2) is 6.43. The predicted octanol–water partition coefficient (Wildman–Crippen LogP) is 3.42. The Hall–Kier alpha value is -1.74. The summed E-state index contributed by atoms with van der Waals surface area (Å²) in [5.41, 5.74) is 3.37. The Kier molecular flexibility index (Phi) is 4.63. The number of pyridine rings is 1. The Balaban J connectivity index is 2.18. The second-order valence-electron chi connectivity index (χ2n) is 4.74. The number of rotatable bonds is 5. The average molecular weight is 258 g/mol. The van der Waals surface area contributed by atoms with E-state index in [9.17, 15) is 4.39 Å². The fraction of sp³-hybridized carbons (Fsp3) is 0.312. The van der Waals surface area contributed by atoms with Crippen LogP contribution in [0.15, 0.2) is 42.7 Å². The molecule has 0 fully saturated rings. The van der Waals surface area contributed by atoms with Gasteiger partial charge in [-0.15, -0.1) is 0 Å². The van der Waals surface area contributed by atoms with E-state index in [4.69, 9.17) is 0 Å². The van der Waals surface area contributed by atoms with E-state index in [2.05, 4.69) is 48.4 Å². The zero-order chi connectivity index (χ0) is 13.7. The Morgan fingerprint density at radius 3 is 2.58 bits per heavy atom. The van der Waals surface area contributed by atoms with Gasteiger partial charge in [-0.05, 0) is 37.1 Å². The van der Waals surface area contributed by atoms with Gasteiger partial charge < -0.3 is 5.32 Å². The van der Waals surface area contributed by atoms with Gasteiger partial charge >= 0.3 is 0 Å². The molecule has 2 rings (SSSR count). The lowest BCUT2D eigenvalue weighted by Crippen LogP contribution is -2.23. The Morgan fingerprint density at radius 1 is 1.21 bits per heavy atom. The van der Waals surface area contributed by atoms with Crippen LogP contribution in [0.4, 0.5) is 4.39 Å². The van der Waals surface area contributed by atoms with E-state index in [1.54, 1.807) is 12.3 Å². The first-order chi connectivity index (χ1) is 9.19. The standard InChI is InChI=1S/C16H19FN2/c1-3-19-16(14-9-15(17)11-18-10-14)8-13-6-4-12(2)5-7-13/h4-7,9-11,16,19H,3,8H2,1-2H3. The summed E-state index contributed by atoms with van der Waals surface area (Å²) in [6.45, 7) is 4.96. The number of nitrogens with zero attached hydrogens (tertiary/aromatic N) is 1. The highest BCUT2D eigenvalue weighted by atomic mass is 19.1. The maximum Gasteiger partial charge on any atom is 0.141 e. The molecule has 2 nitrogen and oxygen atoms in total. The molecule has 0 bridgehead atoms. The summed E-state index contributed by atoms with van der Waals surface area (Å²) in [4.78, 5) is 3.93. The van der Waals surface area contributed by atoms with Crippen LogP contribution < -0.4 is 5.32 Å². The highest BCUT2D eigenvalue weighted by Gasteiger charge is 2.12. The van der Waals surface area contributed by atoms with Crippen molar-refractivity contribution in [1.82, 2.24) is 10.3 Å². The molecule has 3 heteroatoms. The van der Waals surface area contributed by atoms with Gasteiger partial charge in [-0.1, -0.05) is 36.8 Å². The van der Waals surface area contributed by atoms with Gasteiger partial charge in [0.05, 0.1) is 6.20 Å². The number of likely N-dealkylation sites (N-methyl/N-ethyl adjacent to an activating group) is 1. The van der Waals surface area contributed by atoms with Gasteiger partial charge in [0.1, 0.15) is 5.82 Å². The number of hydrogen-bond donors (Lipinski definition) is 1. The second-order valence-corrected chi connectivity index (χ2v) is 4.74. The van der Waals surface area contributed by atoms with Crippen LogP contribution in [-0.2, 0) is 6.42 Å². The summed E-state index contributed by atoms with van der Waals surface area (Å²) in [6, 6.07) is 10.1. The van der Waals surface area contributed by atoms with E-state index in [1.807, 2.05) is 0 Å². The van der Waals surface area contributed by atoms with Crippen molar-refractivity contribution in [3.8, 4) is 0 Å². The smallest absolute Gasteiger partial charge is 0.141 e. The molecule has 0 saturated heterocycles. The third-order valence-electron chi connectivity index (χ3n) is 3.14. The first-order valence-electron chi connectivity index (χ1n) is 6.58. The molecule has 19 heavy (non-hydrogen) atoms. The Bertz CT molecular complexity index is 523. The van der Waals surface area contributed by atoms with Crippen molar-refractivity contribution < 1.29 is 4.39 Å². The van der Waals surface area contributed by atoms with Crippen molar-refractivity contribution in [3.63, 3.8) is 0 Å². The first kappa shape index (κ1) is 13.7. The number of halogens is 1. The van der Waals surface area contributed by atoms with Crippen LogP contribution in [0.1, 0.15) is 29.7 Å². The number of nitrogens with one attached hydrogen (secondary N) is 1. The largest absolute Gasteiger partial charge is 0.310 e. The van der Waals surface area contributed by atoms with Gasteiger partial charge in [-0.2, -0.15) is 0 Å². The molecule has 1 N–H and O–H groups in total. The molecule has 1 aromatic carbocycles. The fourth-order valence-electron chi connectivity index (χ4n) is 2.13. The van der Waals surface area contributed by atoms with Crippen molar-refractivity contribution in [3.05, 3.63) is 65.2 Å². The molecule has 0 aliphatic carbocycles. The lowest BCUT2D eigenvalue weighted by Gasteiger charge is -2.18. The minimum Gasteiger partial charge on any atom is -0.310 e. The van der Waals surface area contributed by atoms with Crippen LogP contribution in [0.3, 0.4) is 0 Å². The van der Waals surface area contributed by atoms with Gasteiger partial charge in [-0.3, -0.25) is 4.98 Å². The first-order valence-corrected chi connectivity index (χ1v) is 6.58. The summed E-state index contributed by atoms with van der Waals surface area (Å²) >= 11 is 0. The number of aromatic nitrogens is 1. The van der Waals surface area contributed by atoms with E-state index in [0.29, 0.717) is 0 Å². The average Bonchev–Trinajstić information content (AvgIpc) is 2.41. The van der Waals surface area contributed by atoms with E-state index >= 15 is 0 Å². The van der Waals surface area contributed by atoms with Crippen LogP contribution in [0, 0.1) is 12.7 Å². The summed E-state index contributed by atoms with van der Waals surface area (Å²) in [6.07, 6.45) is 3.79. The molecule has 0 radical (unpaired) electrons. The molecule has 0 aliphatic heterocycles. The molecule has 0 saturated carbocycles. The van der Waals surface area contributed by atoms with Crippen LogP contribution in [0.2, 0.25) is 0 Å². The minimum atomic E-state index is -0.288. The summed E-state index contributed by atoms with van der Waals surface area (Å²) < 4.78 is 13.3. The topological polar surface area (TPSA) is 24.9 Å². The SMILES string of the molecule is CCNC(Cc1ccc(C)cc1)c1cncc(F)c1. The van der Waals surface area contributed by atoms with Gasteiger partial charge in [0, 0.05) is 12.2 Å². The fourth-order valence-corrected chi connectivity index (χ4v) is 2.13. The molecule has 100 valence electrons. The minimum absolute atomic E-state index is 0.0934. The van der Waals surface area contributed by atoms with Gasteiger partial charge in [0.15, 0.2) is 0 Å². The summed E-state index contributed by atoms with van der Waals surface area (Å²) in [5, 5.41) is 3.38. The van der Waals surface area contributed by atoms with Gasteiger partial charge in [0.25, 0.3) is 0 Å². The lowest BCUT2D eigenvalue weighted by molar-refractivity contribution is 0.539. The van der Waals surface area contributed by atoms with Crippen LogP contribution >= 0.6 is 0 Å². The molecule has 1 atom stereocenters. The molecule has 1 aromatic heterocycles. The molecule has 1 unspecified atom stereocenters. The number of benzene rings is 1. The van der Waals surface area contributed by atoms with Crippen LogP contribution in [-0.4, -0.2) is 11.5 Å². The van der Waals surface area contributed by atoms with E-state index in [-0.39, 0.29) is 11.9 Å². The Morgan fingerprint density at radius 2 is 1.95 bits per heavy atom. The van der Waals surface area contributed by atoms with Crippen molar-refractivity contribution >= 4 is 0 Å². The molecule has 0 amide bonds. The zero-order valence-electron chi connectivity index (χ0n) is 11.4. The normalized spacial score (nSPS) is 12.4. The summed E-state index contributed by atoms with van der Waals surface area (Å²) in [5.74, 6) is -0.288. The lowest BCUT2D eigenvalue weighted by atomic mass is 9.99. The predicted molar refractivity (Wildman–Crippen MR) is 75.5 cm³/mol. The molecular formula is C16H19FN2. The van der Waals surface area contributed by atoms with Gasteiger partial charge in [-0.25, -0.2) is 4.39 Å². The Labute approximate surface area is 113 Å².